The predicted octanol–water partition coefficient (Wildman–Crippen LogP) is 2.78. The predicted molar refractivity (Wildman–Crippen MR) is 134 cm³/mol. The van der Waals surface area contributed by atoms with E-state index in [1.165, 1.54) is 4.90 Å². The van der Waals surface area contributed by atoms with Crippen molar-refractivity contribution in [1.29, 1.82) is 0 Å². The minimum atomic E-state index is -0.886. The number of aliphatic hydroxyl groups excluding tert-OH is 3. The van der Waals surface area contributed by atoms with Crippen LogP contribution in [0, 0.1) is 22.0 Å². The molecule has 1 saturated carbocycles. The fraction of sp³-hybridized carbons (Fsp3) is 0.560. The number of allylic oxidation sites excluding steroid dienone is 2. The quantitative estimate of drug-likeness (QED) is 0.137. The molecule has 200 valence electrons. The highest BCUT2D eigenvalue weighted by molar-refractivity contribution is 6.30. The van der Waals surface area contributed by atoms with Gasteiger partial charge in [0.1, 0.15) is 25.1 Å². The lowest BCUT2D eigenvalue weighted by atomic mass is 9.89. The van der Waals surface area contributed by atoms with Gasteiger partial charge in [-0.15, -0.1) is 10.1 Å². The highest BCUT2D eigenvalue weighted by atomic mass is 35.5. The smallest absolute Gasteiger partial charge is 0.294 e. The Morgan fingerprint density at radius 2 is 2.11 bits per heavy atom. The largest absolute Gasteiger partial charge is 0.491 e. The van der Waals surface area contributed by atoms with Gasteiger partial charge in [0.05, 0.1) is 12.2 Å². The van der Waals surface area contributed by atoms with Gasteiger partial charge in [-0.25, -0.2) is 0 Å². The first-order valence-corrected chi connectivity index (χ1v) is 12.3. The molecule has 11 heteroatoms. The summed E-state index contributed by atoms with van der Waals surface area (Å²) in [5.74, 6) is -0.0655. The Morgan fingerprint density at radius 1 is 1.33 bits per heavy atom. The zero-order valence-corrected chi connectivity index (χ0v) is 21.1. The Hall–Kier alpha value is -2.66. The van der Waals surface area contributed by atoms with E-state index < -0.39 is 23.4 Å². The third-order valence-corrected chi connectivity index (χ3v) is 6.31. The average Bonchev–Trinajstić information content (AvgIpc) is 3.09. The van der Waals surface area contributed by atoms with Gasteiger partial charge in [0.25, 0.3) is 5.09 Å². The molecule has 0 spiro atoms. The van der Waals surface area contributed by atoms with E-state index in [1.54, 1.807) is 43.5 Å². The lowest BCUT2D eigenvalue weighted by Gasteiger charge is -2.19. The van der Waals surface area contributed by atoms with Crippen LogP contribution in [0.3, 0.4) is 0 Å². The Labute approximate surface area is 215 Å². The third kappa shape index (κ3) is 10.5. The summed E-state index contributed by atoms with van der Waals surface area (Å²) >= 11 is 5.92. The number of benzene rings is 1. The molecule has 2 rings (SSSR count). The SMILES string of the molecule is CN(CCO[N+](=O)[O-])C(=O)CCCC=CC[C@@H]1[C@@H](C=C[C@@H](O)COc2cccc(Cl)c2)[C@H](O)C[C@@H]1O. The summed E-state index contributed by atoms with van der Waals surface area (Å²) in [4.78, 5) is 27.8. The van der Waals surface area contributed by atoms with Crippen molar-refractivity contribution >= 4 is 17.5 Å². The molecule has 0 radical (unpaired) electrons. The minimum absolute atomic E-state index is 0.0312. The molecule has 1 amide bonds. The van der Waals surface area contributed by atoms with Gasteiger partial charge >= 0.3 is 0 Å². The zero-order valence-electron chi connectivity index (χ0n) is 20.3. The number of nitrogens with zero attached hydrogens (tertiary/aromatic N) is 2. The number of aliphatic hydroxyl groups is 3. The molecule has 0 saturated heterocycles. The number of amides is 1. The molecule has 3 N–H and O–H groups in total. The molecule has 1 aliphatic rings. The van der Waals surface area contributed by atoms with Crippen LogP contribution in [0.25, 0.3) is 0 Å². The number of rotatable bonds is 15. The van der Waals surface area contributed by atoms with Crippen molar-refractivity contribution in [2.24, 2.45) is 11.8 Å². The van der Waals surface area contributed by atoms with Gasteiger partial charge in [-0.2, -0.15) is 0 Å². The Morgan fingerprint density at radius 3 is 2.83 bits per heavy atom. The topological polar surface area (TPSA) is 143 Å². The van der Waals surface area contributed by atoms with Crippen LogP contribution in [0.15, 0.2) is 48.6 Å². The molecule has 1 aliphatic carbocycles. The lowest BCUT2D eigenvalue weighted by molar-refractivity contribution is -0.757. The van der Waals surface area contributed by atoms with Crippen LogP contribution in [-0.4, -0.2) is 76.3 Å². The van der Waals surface area contributed by atoms with Gasteiger partial charge in [0, 0.05) is 37.4 Å². The van der Waals surface area contributed by atoms with E-state index in [4.69, 9.17) is 16.3 Å². The fourth-order valence-electron chi connectivity index (χ4n) is 4.07. The monoisotopic (exact) mass is 526 g/mol. The first-order chi connectivity index (χ1) is 17.2. The molecule has 0 unspecified atom stereocenters. The van der Waals surface area contributed by atoms with Crippen LogP contribution in [0.5, 0.6) is 5.75 Å². The molecular weight excluding hydrogens is 492 g/mol. The van der Waals surface area contributed by atoms with Crippen molar-refractivity contribution in [3.05, 3.63) is 63.7 Å². The summed E-state index contributed by atoms with van der Waals surface area (Å²) in [5, 5.41) is 40.8. The second-order valence-corrected chi connectivity index (χ2v) is 9.24. The maximum atomic E-state index is 12.0. The summed E-state index contributed by atoms with van der Waals surface area (Å²) in [6, 6.07) is 6.87. The molecule has 0 aliphatic heterocycles. The second kappa shape index (κ2) is 15.5. The number of ether oxygens (including phenoxy) is 1. The number of carbonyl (C=O) groups is 1. The minimum Gasteiger partial charge on any atom is -0.491 e. The van der Waals surface area contributed by atoms with Crippen LogP contribution in [0.2, 0.25) is 5.02 Å². The van der Waals surface area contributed by atoms with Crippen LogP contribution in [0.4, 0.5) is 0 Å². The number of hydrogen-bond donors (Lipinski definition) is 3. The number of halogens is 1. The first-order valence-electron chi connectivity index (χ1n) is 11.9. The highest BCUT2D eigenvalue weighted by Crippen LogP contribution is 2.36. The van der Waals surface area contributed by atoms with E-state index in [2.05, 4.69) is 4.84 Å². The maximum Gasteiger partial charge on any atom is 0.294 e. The molecule has 1 fully saturated rings. The number of likely N-dealkylation sites (N-methyl/N-ethyl adjacent to an activating group) is 1. The molecular formula is C25H35ClN2O8. The molecule has 1 aromatic rings. The summed E-state index contributed by atoms with van der Waals surface area (Å²) in [6.07, 6.45) is 7.35. The average molecular weight is 527 g/mol. The van der Waals surface area contributed by atoms with E-state index in [0.29, 0.717) is 36.5 Å². The van der Waals surface area contributed by atoms with Crippen LogP contribution in [0.1, 0.15) is 32.1 Å². The van der Waals surface area contributed by atoms with Gasteiger partial charge < -0.3 is 29.8 Å². The molecule has 0 bridgehead atoms. The van der Waals surface area contributed by atoms with Gasteiger partial charge in [-0.1, -0.05) is 42.0 Å². The van der Waals surface area contributed by atoms with Crippen molar-refractivity contribution in [3.8, 4) is 5.75 Å². The molecule has 0 aromatic heterocycles. The second-order valence-electron chi connectivity index (χ2n) is 8.80. The van der Waals surface area contributed by atoms with Gasteiger partial charge in [-0.05, 0) is 43.4 Å². The van der Waals surface area contributed by atoms with Gasteiger partial charge in [0.2, 0.25) is 5.91 Å². The summed E-state index contributed by atoms with van der Waals surface area (Å²) in [7, 11) is 1.57. The summed E-state index contributed by atoms with van der Waals surface area (Å²) in [5.41, 5.74) is 0. The van der Waals surface area contributed by atoms with E-state index >= 15 is 0 Å². The lowest BCUT2D eigenvalue weighted by Crippen LogP contribution is -2.30. The van der Waals surface area contributed by atoms with Crippen molar-refractivity contribution in [3.63, 3.8) is 0 Å². The van der Waals surface area contributed by atoms with Crippen LogP contribution >= 0.6 is 11.6 Å². The molecule has 1 aromatic carbocycles. The fourth-order valence-corrected chi connectivity index (χ4v) is 4.25. The Balaban J connectivity index is 1.73. The Bertz CT molecular complexity index is 897. The summed E-state index contributed by atoms with van der Waals surface area (Å²) in [6.45, 7) is 0.0175. The number of unbranched alkanes of at least 4 members (excludes halogenated alkanes) is 1. The summed E-state index contributed by atoms with van der Waals surface area (Å²) < 4.78 is 5.53. The number of carbonyl (C=O) groups excluding carboxylic acids is 1. The van der Waals surface area contributed by atoms with Gasteiger partial charge in [0.15, 0.2) is 0 Å². The van der Waals surface area contributed by atoms with Crippen molar-refractivity contribution in [2.75, 3.05) is 26.8 Å². The van der Waals surface area contributed by atoms with Crippen molar-refractivity contribution in [2.45, 2.75) is 50.4 Å². The van der Waals surface area contributed by atoms with E-state index in [0.717, 1.165) is 0 Å². The van der Waals surface area contributed by atoms with Crippen LogP contribution < -0.4 is 4.74 Å². The zero-order chi connectivity index (χ0) is 26.5. The van der Waals surface area contributed by atoms with Crippen molar-refractivity contribution in [1.82, 2.24) is 4.90 Å². The molecule has 5 atom stereocenters. The molecule has 10 nitrogen and oxygen atoms in total. The number of hydrogen-bond acceptors (Lipinski definition) is 8. The van der Waals surface area contributed by atoms with E-state index in [-0.39, 0.29) is 43.9 Å². The molecule has 0 heterocycles. The van der Waals surface area contributed by atoms with Crippen LogP contribution in [-0.2, 0) is 9.63 Å². The standard InChI is InChI=1S/C25H35ClN2O8/c1-27(13-14-36-28(33)34)25(32)10-5-3-2-4-9-21-22(24(31)16-23(21)30)12-11-19(29)17-35-20-8-6-7-18(26)15-20/h2,4,6-8,11-12,15,19,21-24,29-31H,3,5,9-10,13-14,16-17H2,1H3/t19-,21-,22-,23+,24-/m1/s1. The highest BCUT2D eigenvalue weighted by Gasteiger charge is 2.39. The van der Waals surface area contributed by atoms with Gasteiger partial charge in [-0.3, -0.25) is 4.79 Å². The van der Waals surface area contributed by atoms with E-state index in [9.17, 15) is 30.2 Å². The molecule has 36 heavy (non-hydrogen) atoms. The maximum absolute atomic E-state index is 12.0. The van der Waals surface area contributed by atoms with Crippen molar-refractivity contribution < 1.29 is 34.8 Å². The Kier molecular flexibility index (Phi) is 12.7. The first kappa shape index (κ1) is 29.6. The third-order valence-electron chi connectivity index (χ3n) is 6.07. The normalized spacial score (nSPS) is 22.7. The van der Waals surface area contributed by atoms with E-state index in [1.807, 2.05) is 12.2 Å².